The van der Waals surface area contributed by atoms with Crippen LogP contribution >= 0.6 is 0 Å². The van der Waals surface area contributed by atoms with Crippen molar-refractivity contribution in [2.75, 3.05) is 19.7 Å². The molecule has 1 fully saturated rings. The molecular weight excluding hydrogens is 206 g/mol. The highest BCUT2D eigenvalue weighted by molar-refractivity contribution is 5.75. The number of hydrogen-bond donors (Lipinski definition) is 1. The van der Waals surface area contributed by atoms with Crippen molar-refractivity contribution in [3.05, 3.63) is 0 Å². The predicted molar refractivity (Wildman–Crippen MR) is 62.1 cm³/mol. The van der Waals surface area contributed by atoms with Crippen LogP contribution in [-0.2, 0) is 9.53 Å². The fraction of sp³-hybridized carbons (Fsp3) is 0.917. The first-order valence-corrected chi connectivity index (χ1v) is 6.07. The minimum absolute atomic E-state index is 0.171. The van der Waals surface area contributed by atoms with Gasteiger partial charge in [-0.05, 0) is 19.3 Å². The van der Waals surface area contributed by atoms with E-state index in [1.54, 1.807) is 0 Å². The zero-order valence-electron chi connectivity index (χ0n) is 10.7. The van der Waals surface area contributed by atoms with Crippen molar-refractivity contribution in [2.24, 2.45) is 5.92 Å². The Labute approximate surface area is 97.6 Å². The van der Waals surface area contributed by atoms with Crippen LogP contribution in [-0.4, -0.2) is 47.3 Å². The van der Waals surface area contributed by atoms with Crippen LogP contribution in [0.5, 0.6) is 0 Å². The van der Waals surface area contributed by atoms with E-state index in [2.05, 4.69) is 0 Å². The molecule has 1 heterocycles. The second-order valence-corrected chi connectivity index (χ2v) is 4.84. The van der Waals surface area contributed by atoms with E-state index in [1.165, 1.54) is 0 Å². The fourth-order valence-corrected chi connectivity index (χ4v) is 2.05. The van der Waals surface area contributed by atoms with Crippen molar-refractivity contribution in [1.82, 2.24) is 4.90 Å². The van der Waals surface area contributed by atoms with Gasteiger partial charge in [-0.25, -0.2) is 0 Å². The lowest BCUT2D eigenvalue weighted by molar-refractivity contribution is -0.171. The normalized spacial score (nSPS) is 21.6. The van der Waals surface area contributed by atoms with Gasteiger partial charge in [0.1, 0.15) is 6.04 Å². The Morgan fingerprint density at radius 1 is 1.44 bits per heavy atom. The number of esters is 1. The molecule has 0 radical (unpaired) electrons. The van der Waals surface area contributed by atoms with Crippen LogP contribution in [0, 0.1) is 5.92 Å². The molecule has 0 aromatic carbocycles. The Hall–Kier alpha value is -0.610. The quantitative estimate of drug-likeness (QED) is 0.715. The third-order valence-corrected chi connectivity index (χ3v) is 3.41. The van der Waals surface area contributed by atoms with Crippen LogP contribution in [0.1, 0.15) is 34.1 Å². The standard InChI is InChI=1S/C12H23NO3/c1-5-10(11(14)16-6-2)13-7-12(15,8-13)9(3)4/h9-10,15H,5-8H2,1-4H3. The van der Waals surface area contributed by atoms with Gasteiger partial charge in [0.15, 0.2) is 0 Å². The van der Waals surface area contributed by atoms with Crippen molar-refractivity contribution < 1.29 is 14.6 Å². The lowest BCUT2D eigenvalue weighted by atomic mass is 9.82. The van der Waals surface area contributed by atoms with Crippen LogP contribution in [0.2, 0.25) is 0 Å². The maximum atomic E-state index is 11.6. The molecule has 0 saturated carbocycles. The van der Waals surface area contributed by atoms with E-state index in [0.717, 1.165) is 6.42 Å². The van der Waals surface area contributed by atoms with Crippen LogP contribution in [0.15, 0.2) is 0 Å². The number of aliphatic hydroxyl groups is 1. The molecule has 0 bridgehead atoms. The summed E-state index contributed by atoms with van der Waals surface area (Å²) in [7, 11) is 0. The van der Waals surface area contributed by atoms with Crippen LogP contribution < -0.4 is 0 Å². The summed E-state index contributed by atoms with van der Waals surface area (Å²) in [4.78, 5) is 13.6. The molecule has 4 nitrogen and oxygen atoms in total. The van der Waals surface area contributed by atoms with E-state index >= 15 is 0 Å². The first-order valence-electron chi connectivity index (χ1n) is 6.07. The van der Waals surface area contributed by atoms with E-state index in [0.29, 0.717) is 19.7 Å². The van der Waals surface area contributed by atoms with Gasteiger partial charge in [0.05, 0.1) is 12.2 Å². The molecule has 94 valence electrons. The second kappa shape index (κ2) is 5.15. The summed E-state index contributed by atoms with van der Waals surface area (Å²) >= 11 is 0. The molecule has 4 heteroatoms. The summed E-state index contributed by atoms with van der Waals surface area (Å²) < 4.78 is 5.02. The number of β-amino-alcohol motifs (C(OH)–C–C–N with tert-alkyl or cyclic N) is 1. The largest absolute Gasteiger partial charge is 0.465 e. The summed E-state index contributed by atoms with van der Waals surface area (Å²) in [5.41, 5.74) is -0.625. The van der Waals surface area contributed by atoms with E-state index in [4.69, 9.17) is 4.74 Å². The van der Waals surface area contributed by atoms with Gasteiger partial charge in [0, 0.05) is 13.1 Å². The molecule has 0 spiro atoms. The Kier molecular flexibility index (Phi) is 4.33. The minimum Gasteiger partial charge on any atom is -0.465 e. The van der Waals surface area contributed by atoms with Crippen LogP contribution in [0.4, 0.5) is 0 Å². The van der Waals surface area contributed by atoms with Crippen molar-refractivity contribution in [3.63, 3.8) is 0 Å². The molecule has 1 saturated heterocycles. The van der Waals surface area contributed by atoms with Gasteiger partial charge in [-0.1, -0.05) is 20.8 Å². The molecular formula is C12H23NO3. The summed E-state index contributed by atoms with van der Waals surface area (Å²) in [5.74, 6) is 0.0549. The van der Waals surface area contributed by atoms with Crippen molar-refractivity contribution >= 4 is 5.97 Å². The van der Waals surface area contributed by atoms with Gasteiger partial charge in [-0.2, -0.15) is 0 Å². The Bertz CT molecular complexity index is 247. The number of likely N-dealkylation sites (tertiary alicyclic amines) is 1. The third-order valence-electron chi connectivity index (χ3n) is 3.41. The SMILES string of the molecule is CCOC(=O)C(CC)N1CC(O)(C(C)C)C1. The van der Waals surface area contributed by atoms with E-state index in [9.17, 15) is 9.90 Å². The Morgan fingerprint density at radius 2 is 2.00 bits per heavy atom. The number of nitrogens with zero attached hydrogens (tertiary/aromatic N) is 1. The Balaban J connectivity index is 2.50. The van der Waals surface area contributed by atoms with Gasteiger partial charge in [-0.15, -0.1) is 0 Å². The van der Waals surface area contributed by atoms with Crippen molar-refractivity contribution in [3.8, 4) is 0 Å². The monoisotopic (exact) mass is 229 g/mol. The van der Waals surface area contributed by atoms with Gasteiger partial charge < -0.3 is 9.84 Å². The van der Waals surface area contributed by atoms with Crippen LogP contribution in [0.25, 0.3) is 0 Å². The maximum absolute atomic E-state index is 11.6. The molecule has 16 heavy (non-hydrogen) atoms. The van der Waals surface area contributed by atoms with Gasteiger partial charge in [0.2, 0.25) is 0 Å². The molecule has 0 aromatic heterocycles. The highest BCUT2D eigenvalue weighted by Gasteiger charge is 2.47. The number of hydrogen-bond acceptors (Lipinski definition) is 4. The average molecular weight is 229 g/mol. The molecule has 1 aliphatic heterocycles. The summed E-state index contributed by atoms with van der Waals surface area (Å²) in [6.07, 6.45) is 0.729. The van der Waals surface area contributed by atoms with Crippen molar-refractivity contribution in [1.29, 1.82) is 0 Å². The zero-order valence-corrected chi connectivity index (χ0v) is 10.7. The molecule has 1 atom stereocenters. The molecule has 1 unspecified atom stereocenters. The number of ether oxygens (including phenoxy) is 1. The number of carbonyl (C=O) groups excluding carboxylic acids is 1. The molecule has 1 rings (SSSR count). The van der Waals surface area contributed by atoms with Crippen molar-refractivity contribution in [2.45, 2.75) is 45.8 Å². The average Bonchev–Trinajstić information content (AvgIpc) is 2.16. The predicted octanol–water partition coefficient (Wildman–Crippen LogP) is 1.03. The summed E-state index contributed by atoms with van der Waals surface area (Å²) in [5, 5.41) is 10.1. The van der Waals surface area contributed by atoms with Gasteiger partial charge >= 0.3 is 5.97 Å². The lowest BCUT2D eigenvalue weighted by Gasteiger charge is -2.51. The topological polar surface area (TPSA) is 49.8 Å². The molecule has 1 aliphatic rings. The summed E-state index contributed by atoms with van der Waals surface area (Å²) in [6.45, 7) is 9.34. The van der Waals surface area contributed by atoms with E-state index in [1.807, 2.05) is 32.6 Å². The highest BCUT2D eigenvalue weighted by atomic mass is 16.5. The fourth-order valence-electron chi connectivity index (χ4n) is 2.05. The van der Waals surface area contributed by atoms with E-state index in [-0.39, 0.29) is 17.9 Å². The maximum Gasteiger partial charge on any atom is 0.323 e. The first kappa shape index (κ1) is 13.5. The highest BCUT2D eigenvalue weighted by Crippen LogP contribution is 2.31. The lowest BCUT2D eigenvalue weighted by Crippen LogP contribution is -2.68. The van der Waals surface area contributed by atoms with Crippen LogP contribution in [0.3, 0.4) is 0 Å². The Morgan fingerprint density at radius 3 is 2.38 bits per heavy atom. The van der Waals surface area contributed by atoms with E-state index < -0.39 is 5.60 Å². The van der Waals surface area contributed by atoms with Gasteiger partial charge in [0.25, 0.3) is 0 Å². The molecule has 1 N–H and O–H groups in total. The second-order valence-electron chi connectivity index (χ2n) is 4.84. The third kappa shape index (κ3) is 2.55. The minimum atomic E-state index is -0.625. The number of rotatable bonds is 5. The van der Waals surface area contributed by atoms with Gasteiger partial charge in [-0.3, -0.25) is 9.69 Å². The molecule has 0 amide bonds. The summed E-state index contributed by atoms with van der Waals surface area (Å²) in [6, 6.07) is -0.195. The smallest absolute Gasteiger partial charge is 0.323 e. The first-order chi connectivity index (χ1) is 7.44. The molecule has 0 aliphatic carbocycles. The molecule has 0 aromatic rings. The zero-order chi connectivity index (χ0) is 12.3. The number of carbonyl (C=O) groups is 1.